The van der Waals surface area contributed by atoms with Crippen molar-refractivity contribution in [2.24, 2.45) is 0 Å². The highest BCUT2D eigenvalue weighted by Crippen LogP contribution is 2.36. The summed E-state index contributed by atoms with van der Waals surface area (Å²) in [6.45, 7) is 1.76. The molecule has 1 aromatic carbocycles. The first kappa shape index (κ1) is 15.4. The highest BCUT2D eigenvalue weighted by molar-refractivity contribution is 6.68. The van der Waals surface area contributed by atoms with E-state index in [1.165, 1.54) is 0 Å². The van der Waals surface area contributed by atoms with Gasteiger partial charge in [-0.1, -0.05) is 66.0 Å². The first-order valence-corrected chi connectivity index (χ1v) is 7.11. The van der Waals surface area contributed by atoms with Gasteiger partial charge in [-0.25, -0.2) is 0 Å². The molecule has 3 nitrogen and oxygen atoms in total. The van der Waals surface area contributed by atoms with Gasteiger partial charge in [-0.2, -0.15) is 0 Å². The molecule has 1 aliphatic carbocycles. The van der Waals surface area contributed by atoms with Crippen molar-refractivity contribution in [2.75, 3.05) is 0 Å². The predicted molar refractivity (Wildman–Crippen MR) is 78.6 cm³/mol. The monoisotopic (exact) mass is 332 g/mol. The minimum atomic E-state index is -1.67. The zero-order chi connectivity index (χ0) is 14.9. The molecule has 0 amide bonds. The van der Waals surface area contributed by atoms with Gasteiger partial charge in [-0.05, 0) is 6.42 Å². The van der Waals surface area contributed by atoms with Gasteiger partial charge in [0.25, 0.3) is 0 Å². The van der Waals surface area contributed by atoms with E-state index in [2.05, 4.69) is 0 Å². The molecule has 0 N–H and O–H groups in total. The summed E-state index contributed by atoms with van der Waals surface area (Å²) in [5.74, 6) is -0.769. The van der Waals surface area contributed by atoms with Crippen LogP contribution in [0.5, 0.6) is 0 Å². The first-order chi connectivity index (χ1) is 9.34. The number of ketones is 2. The van der Waals surface area contributed by atoms with Crippen LogP contribution in [0.2, 0.25) is 0 Å². The van der Waals surface area contributed by atoms with Crippen LogP contribution in [0.4, 0.5) is 0 Å². The van der Waals surface area contributed by atoms with E-state index in [1.54, 1.807) is 31.2 Å². The second kappa shape index (κ2) is 5.76. The molecule has 1 aromatic rings. The molecule has 0 saturated carbocycles. The number of benzene rings is 1. The third-order valence-electron chi connectivity index (χ3n) is 2.93. The quantitative estimate of drug-likeness (QED) is 0.782. The fourth-order valence-electron chi connectivity index (χ4n) is 1.91. The van der Waals surface area contributed by atoms with Gasteiger partial charge in [-0.15, -0.1) is 0 Å². The number of allylic oxidation sites excluding steroid dienone is 2. The van der Waals surface area contributed by atoms with Crippen molar-refractivity contribution < 1.29 is 14.3 Å². The van der Waals surface area contributed by atoms with Gasteiger partial charge in [-0.3, -0.25) is 9.59 Å². The van der Waals surface area contributed by atoms with Gasteiger partial charge in [0, 0.05) is 17.2 Å². The van der Waals surface area contributed by atoms with Crippen LogP contribution in [0.1, 0.15) is 34.1 Å². The Bertz CT molecular complexity index is 588. The second-order valence-corrected chi connectivity index (χ2v) is 6.67. The number of hydrogen-bond donors (Lipinski definition) is 0. The summed E-state index contributed by atoms with van der Waals surface area (Å²) >= 11 is 17.4. The molecule has 0 fully saturated rings. The van der Waals surface area contributed by atoms with E-state index >= 15 is 0 Å². The molecule has 0 saturated heterocycles. The number of fused-ring (bicyclic) bond motifs is 1. The zero-order valence-corrected chi connectivity index (χ0v) is 12.8. The molecule has 1 unspecified atom stereocenters. The highest BCUT2D eigenvalue weighted by atomic mass is 35.6. The lowest BCUT2D eigenvalue weighted by molar-refractivity contribution is 0.0742. The number of Topliss-reactive ketones (excluding diaryl/α,β-unsaturated/α-hetero) is 1. The maximum atomic E-state index is 12.3. The Morgan fingerprint density at radius 3 is 2.30 bits per heavy atom. The lowest BCUT2D eigenvalue weighted by atomic mass is 9.94. The van der Waals surface area contributed by atoms with E-state index in [9.17, 15) is 9.59 Å². The van der Waals surface area contributed by atoms with Crippen LogP contribution in [-0.4, -0.2) is 21.5 Å². The molecule has 0 aliphatic heterocycles. The predicted octanol–water partition coefficient (Wildman–Crippen LogP) is 4.11. The van der Waals surface area contributed by atoms with Crippen molar-refractivity contribution in [2.45, 2.75) is 23.2 Å². The Morgan fingerprint density at radius 2 is 1.75 bits per heavy atom. The number of carbonyl (C=O) groups excluding carboxylic acids is 2. The van der Waals surface area contributed by atoms with Crippen molar-refractivity contribution in [3.8, 4) is 0 Å². The number of hydrogen-bond acceptors (Lipinski definition) is 3. The van der Waals surface area contributed by atoms with E-state index in [0.29, 0.717) is 17.5 Å². The maximum Gasteiger partial charge on any atom is 0.228 e. The zero-order valence-electron chi connectivity index (χ0n) is 10.5. The van der Waals surface area contributed by atoms with Gasteiger partial charge in [0.2, 0.25) is 9.58 Å². The van der Waals surface area contributed by atoms with E-state index in [0.717, 1.165) is 6.08 Å². The van der Waals surface area contributed by atoms with Crippen molar-refractivity contribution in [3.05, 3.63) is 47.2 Å². The molecular weight excluding hydrogens is 323 g/mol. The Kier molecular flexibility index (Phi) is 4.43. The second-order valence-electron chi connectivity index (χ2n) is 4.30. The largest absolute Gasteiger partial charge is 0.482 e. The molecule has 1 aliphatic rings. The summed E-state index contributed by atoms with van der Waals surface area (Å²) in [5, 5.41) is 0. The van der Waals surface area contributed by atoms with Gasteiger partial charge in [0.15, 0.2) is 11.5 Å². The summed E-state index contributed by atoms with van der Waals surface area (Å²) in [7, 11) is 0. The van der Waals surface area contributed by atoms with Crippen LogP contribution in [-0.2, 0) is 4.74 Å². The molecule has 2 rings (SSSR count). The van der Waals surface area contributed by atoms with Gasteiger partial charge in [0.05, 0.1) is 0 Å². The van der Waals surface area contributed by atoms with Crippen LogP contribution >= 0.6 is 34.8 Å². The molecule has 20 heavy (non-hydrogen) atoms. The molecular formula is C14H11Cl3O3. The van der Waals surface area contributed by atoms with Crippen molar-refractivity contribution in [1.29, 1.82) is 0 Å². The van der Waals surface area contributed by atoms with Crippen LogP contribution in [0, 0.1) is 0 Å². The number of alkyl halides is 3. The number of ether oxygens (including phenoxy) is 1. The lowest BCUT2D eigenvalue weighted by Gasteiger charge is -2.26. The third-order valence-corrected chi connectivity index (χ3v) is 3.66. The third kappa shape index (κ3) is 3.00. The van der Waals surface area contributed by atoms with Crippen molar-refractivity contribution in [1.82, 2.24) is 0 Å². The SMILES string of the molecule is CCC(OC1=CC(=O)c2ccccc2C1=O)C(Cl)(Cl)Cl. The topological polar surface area (TPSA) is 43.4 Å². The van der Waals surface area contributed by atoms with Gasteiger partial charge >= 0.3 is 0 Å². The number of halogens is 3. The number of carbonyl (C=O) groups is 2. The van der Waals surface area contributed by atoms with Crippen LogP contribution in [0.15, 0.2) is 36.1 Å². The van der Waals surface area contributed by atoms with E-state index < -0.39 is 9.90 Å². The lowest BCUT2D eigenvalue weighted by Crippen LogP contribution is -2.31. The van der Waals surface area contributed by atoms with Gasteiger partial charge < -0.3 is 4.74 Å². The summed E-state index contributed by atoms with van der Waals surface area (Å²) in [6, 6.07) is 6.54. The van der Waals surface area contributed by atoms with Crippen molar-refractivity contribution >= 4 is 46.4 Å². The molecule has 0 radical (unpaired) electrons. The fourth-order valence-corrected chi connectivity index (χ4v) is 2.51. The molecule has 1 atom stereocenters. The Hall–Kier alpha value is -1.03. The summed E-state index contributed by atoms with van der Waals surface area (Å²) < 4.78 is 3.77. The van der Waals surface area contributed by atoms with Crippen LogP contribution < -0.4 is 0 Å². The summed E-state index contributed by atoms with van der Waals surface area (Å²) in [5.41, 5.74) is 0.654. The Labute approximate surface area is 131 Å². The molecule has 0 aromatic heterocycles. The molecule has 106 valence electrons. The first-order valence-electron chi connectivity index (χ1n) is 5.97. The average molecular weight is 334 g/mol. The van der Waals surface area contributed by atoms with E-state index in [-0.39, 0.29) is 17.3 Å². The summed E-state index contributed by atoms with van der Waals surface area (Å²) in [6.07, 6.45) is 0.724. The molecule has 6 heteroatoms. The minimum Gasteiger partial charge on any atom is -0.482 e. The van der Waals surface area contributed by atoms with Crippen LogP contribution in [0.3, 0.4) is 0 Å². The van der Waals surface area contributed by atoms with Crippen LogP contribution in [0.25, 0.3) is 0 Å². The Balaban J connectivity index is 2.32. The van der Waals surface area contributed by atoms with E-state index in [4.69, 9.17) is 39.5 Å². The minimum absolute atomic E-state index is 0.0909. The summed E-state index contributed by atoms with van der Waals surface area (Å²) in [4.78, 5) is 24.2. The normalized spacial score (nSPS) is 16.5. The standard InChI is InChI=1S/C14H11Cl3O3/c1-2-12(14(15,16)17)20-11-7-10(18)8-5-3-4-6-9(8)13(11)19/h3-7,12H,2H2,1H3. The highest BCUT2D eigenvalue weighted by Gasteiger charge is 2.36. The number of rotatable bonds is 3. The average Bonchev–Trinajstić information content (AvgIpc) is 2.40. The van der Waals surface area contributed by atoms with Crippen molar-refractivity contribution in [3.63, 3.8) is 0 Å². The molecule has 0 bridgehead atoms. The molecule has 0 heterocycles. The molecule has 0 spiro atoms. The maximum absolute atomic E-state index is 12.3. The smallest absolute Gasteiger partial charge is 0.228 e. The van der Waals surface area contributed by atoms with E-state index in [1.807, 2.05) is 0 Å². The van der Waals surface area contributed by atoms with Gasteiger partial charge in [0.1, 0.15) is 6.10 Å². The fraction of sp³-hybridized carbons (Fsp3) is 0.286. The Morgan fingerprint density at radius 1 is 1.15 bits per heavy atom.